The number of hydrogen-bond acceptors (Lipinski definition) is 2. The Labute approximate surface area is 188 Å². The second-order valence-electron chi connectivity index (χ2n) is 8.10. The molecule has 1 aliphatic rings. The maximum atomic E-state index is 13.2. The fraction of sp³-hybridized carbons (Fsp3) is 0.417. The minimum atomic E-state index is -0.585. The van der Waals surface area contributed by atoms with Crippen molar-refractivity contribution in [2.45, 2.75) is 64.6 Å². The lowest BCUT2D eigenvalue weighted by Gasteiger charge is -2.30. The van der Waals surface area contributed by atoms with Crippen LogP contribution in [0.4, 0.5) is 0 Å². The van der Waals surface area contributed by atoms with Crippen LogP contribution in [-0.4, -0.2) is 28.8 Å². The normalized spacial score (nSPS) is 15.1. The van der Waals surface area contributed by atoms with Crippen LogP contribution in [0.5, 0.6) is 0 Å². The van der Waals surface area contributed by atoms with Crippen LogP contribution in [0.1, 0.15) is 49.3 Å². The number of rotatable bonds is 7. The summed E-state index contributed by atoms with van der Waals surface area (Å²) in [5.74, 6) is -0.210. The molecule has 2 amide bonds. The summed E-state index contributed by atoms with van der Waals surface area (Å²) >= 11 is 12.2. The number of nitrogens with one attached hydrogen (secondary N) is 1. The first-order valence-corrected chi connectivity index (χ1v) is 11.2. The zero-order valence-corrected chi connectivity index (χ0v) is 19.0. The van der Waals surface area contributed by atoms with Gasteiger partial charge in [-0.1, -0.05) is 71.9 Å². The smallest absolute Gasteiger partial charge is 0.242 e. The molecule has 2 aromatic rings. The number of hydrogen-bond donors (Lipinski definition) is 1. The Morgan fingerprint density at radius 2 is 1.67 bits per heavy atom. The van der Waals surface area contributed by atoms with E-state index in [0.717, 1.165) is 42.4 Å². The molecular formula is C24H28Cl2N2O2. The molecule has 1 N–H and O–H groups in total. The van der Waals surface area contributed by atoms with Crippen molar-refractivity contribution in [3.8, 4) is 0 Å². The standard InChI is InChI=1S/C24H28Cl2N2O2/c1-16-7-9-18(10-8-16)14-23(29)28(15-19-11-12-21(25)22(26)13-19)17(2)24(30)27-20-5-3-4-6-20/h7-13,17,20H,3-6,14-15H2,1-2H3,(H,27,30)/t17-/m0/s1. The van der Waals surface area contributed by atoms with E-state index >= 15 is 0 Å². The quantitative estimate of drug-likeness (QED) is 0.625. The van der Waals surface area contributed by atoms with Gasteiger partial charge in [0.1, 0.15) is 6.04 Å². The van der Waals surface area contributed by atoms with Gasteiger partial charge in [-0.25, -0.2) is 0 Å². The Morgan fingerprint density at radius 3 is 2.30 bits per heavy atom. The van der Waals surface area contributed by atoms with Crippen molar-refractivity contribution in [1.29, 1.82) is 0 Å². The van der Waals surface area contributed by atoms with Crippen molar-refractivity contribution in [3.05, 3.63) is 69.2 Å². The first kappa shape index (κ1) is 22.6. The molecule has 6 heteroatoms. The van der Waals surface area contributed by atoms with E-state index in [-0.39, 0.29) is 24.3 Å². The summed E-state index contributed by atoms with van der Waals surface area (Å²) < 4.78 is 0. The van der Waals surface area contributed by atoms with Crippen LogP contribution in [0.2, 0.25) is 10.0 Å². The summed E-state index contributed by atoms with van der Waals surface area (Å²) in [4.78, 5) is 27.8. The zero-order valence-electron chi connectivity index (χ0n) is 17.5. The molecule has 0 bridgehead atoms. The van der Waals surface area contributed by atoms with Gasteiger partial charge in [0.15, 0.2) is 0 Å². The van der Waals surface area contributed by atoms with Gasteiger partial charge in [0.25, 0.3) is 0 Å². The third-order valence-corrected chi connectivity index (χ3v) is 6.42. The van der Waals surface area contributed by atoms with Gasteiger partial charge in [-0.3, -0.25) is 9.59 Å². The summed E-state index contributed by atoms with van der Waals surface area (Å²) in [6, 6.07) is 12.8. The molecule has 160 valence electrons. The van der Waals surface area contributed by atoms with E-state index in [1.807, 2.05) is 37.3 Å². The van der Waals surface area contributed by atoms with E-state index in [4.69, 9.17) is 23.2 Å². The fourth-order valence-electron chi connectivity index (χ4n) is 3.79. The van der Waals surface area contributed by atoms with Gasteiger partial charge in [0.05, 0.1) is 16.5 Å². The van der Waals surface area contributed by atoms with Crippen molar-refractivity contribution < 1.29 is 9.59 Å². The fourth-order valence-corrected chi connectivity index (χ4v) is 4.11. The van der Waals surface area contributed by atoms with Crippen molar-refractivity contribution in [1.82, 2.24) is 10.2 Å². The molecule has 0 unspecified atom stereocenters. The molecule has 1 saturated carbocycles. The highest BCUT2D eigenvalue weighted by atomic mass is 35.5. The van der Waals surface area contributed by atoms with Gasteiger partial charge in [0, 0.05) is 12.6 Å². The van der Waals surface area contributed by atoms with E-state index < -0.39 is 6.04 Å². The van der Waals surface area contributed by atoms with E-state index in [1.54, 1.807) is 24.0 Å². The average molecular weight is 447 g/mol. The number of aryl methyl sites for hydroxylation is 1. The predicted octanol–water partition coefficient (Wildman–Crippen LogP) is 5.32. The van der Waals surface area contributed by atoms with E-state index in [2.05, 4.69) is 5.32 Å². The highest BCUT2D eigenvalue weighted by Gasteiger charge is 2.28. The molecule has 2 aromatic carbocycles. The minimum Gasteiger partial charge on any atom is -0.352 e. The Morgan fingerprint density at radius 1 is 1.03 bits per heavy atom. The topological polar surface area (TPSA) is 49.4 Å². The largest absolute Gasteiger partial charge is 0.352 e. The number of amides is 2. The molecule has 0 aliphatic heterocycles. The van der Waals surface area contributed by atoms with Crippen LogP contribution < -0.4 is 5.32 Å². The second-order valence-corrected chi connectivity index (χ2v) is 8.91. The molecule has 4 nitrogen and oxygen atoms in total. The van der Waals surface area contributed by atoms with Crippen molar-refractivity contribution in [2.75, 3.05) is 0 Å². The molecule has 0 radical (unpaired) electrons. The van der Waals surface area contributed by atoms with Crippen LogP contribution in [0.3, 0.4) is 0 Å². The summed E-state index contributed by atoms with van der Waals surface area (Å²) in [5.41, 5.74) is 2.90. The molecule has 1 aliphatic carbocycles. The highest BCUT2D eigenvalue weighted by Crippen LogP contribution is 2.24. The van der Waals surface area contributed by atoms with Crippen LogP contribution in [-0.2, 0) is 22.6 Å². The zero-order chi connectivity index (χ0) is 21.7. The van der Waals surface area contributed by atoms with E-state index in [1.165, 1.54) is 0 Å². The number of carbonyl (C=O) groups excluding carboxylic acids is 2. The van der Waals surface area contributed by atoms with Crippen LogP contribution in [0, 0.1) is 6.92 Å². The van der Waals surface area contributed by atoms with Gasteiger partial charge in [0.2, 0.25) is 11.8 Å². The molecule has 0 saturated heterocycles. The molecule has 3 rings (SSSR count). The van der Waals surface area contributed by atoms with Crippen LogP contribution >= 0.6 is 23.2 Å². The van der Waals surface area contributed by atoms with Crippen LogP contribution in [0.25, 0.3) is 0 Å². The Hall–Kier alpha value is -2.04. The number of benzene rings is 2. The predicted molar refractivity (Wildman–Crippen MR) is 122 cm³/mol. The van der Waals surface area contributed by atoms with Gasteiger partial charge < -0.3 is 10.2 Å². The second kappa shape index (κ2) is 10.3. The number of nitrogens with zero attached hydrogens (tertiary/aromatic N) is 1. The van der Waals surface area contributed by atoms with Gasteiger partial charge in [-0.2, -0.15) is 0 Å². The first-order valence-electron chi connectivity index (χ1n) is 10.4. The van der Waals surface area contributed by atoms with E-state index in [0.29, 0.717) is 16.6 Å². The summed E-state index contributed by atoms with van der Waals surface area (Å²) in [5, 5.41) is 4.01. The summed E-state index contributed by atoms with van der Waals surface area (Å²) in [7, 11) is 0. The number of halogens is 2. The van der Waals surface area contributed by atoms with Crippen molar-refractivity contribution in [3.63, 3.8) is 0 Å². The molecule has 30 heavy (non-hydrogen) atoms. The molecular weight excluding hydrogens is 419 g/mol. The van der Waals surface area contributed by atoms with Gasteiger partial charge in [-0.05, 0) is 49.9 Å². The molecule has 0 spiro atoms. The molecule has 1 atom stereocenters. The minimum absolute atomic E-state index is 0.0982. The Bertz CT molecular complexity index is 893. The maximum absolute atomic E-state index is 13.2. The molecule has 0 aromatic heterocycles. The molecule has 0 heterocycles. The lowest BCUT2D eigenvalue weighted by molar-refractivity contribution is -0.140. The maximum Gasteiger partial charge on any atom is 0.242 e. The van der Waals surface area contributed by atoms with Crippen LogP contribution in [0.15, 0.2) is 42.5 Å². The van der Waals surface area contributed by atoms with Crippen molar-refractivity contribution >= 4 is 35.0 Å². The van der Waals surface area contributed by atoms with Crippen molar-refractivity contribution in [2.24, 2.45) is 0 Å². The van der Waals surface area contributed by atoms with Gasteiger partial charge in [-0.15, -0.1) is 0 Å². The first-order chi connectivity index (χ1) is 14.3. The average Bonchev–Trinajstić information content (AvgIpc) is 3.23. The van der Waals surface area contributed by atoms with Gasteiger partial charge >= 0.3 is 0 Å². The third kappa shape index (κ3) is 5.99. The SMILES string of the molecule is Cc1ccc(CC(=O)N(Cc2ccc(Cl)c(Cl)c2)[C@@H](C)C(=O)NC2CCCC2)cc1. The lowest BCUT2D eigenvalue weighted by atomic mass is 10.1. The Balaban J connectivity index is 1.78. The monoisotopic (exact) mass is 446 g/mol. The summed E-state index contributed by atoms with van der Waals surface area (Å²) in [6.45, 7) is 4.09. The Kier molecular flexibility index (Phi) is 7.79. The van der Waals surface area contributed by atoms with E-state index in [9.17, 15) is 9.59 Å². The lowest BCUT2D eigenvalue weighted by Crippen LogP contribution is -2.50. The summed E-state index contributed by atoms with van der Waals surface area (Å²) in [6.07, 6.45) is 4.52. The highest BCUT2D eigenvalue weighted by molar-refractivity contribution is 6.42. The number of carbonyl (C=O) groups is 2. The third-order valence-electron chi connectivity index (χ3n) is 5.68. The molecule has 1 fully saturated rings.